The zero-order chi connectivity index (χ0) is 14.3. The molecule has 1 aromatic rings. The predicted molar refractivity (Wildman–Crippen MR) is 70.9 cm³/mol. The number of hydrogen-bond donors (Lipinski definition) is 1. The molecule has 2 aliphatic heterocycles. The molecule has 0 aliphatic carbocycles. The van der Waals surface area contributed by atoms with Crippen LogP contribution in [0.2, 0.25) is 0 Å². The van der Waals surface area contributed by atoms with Crippen molar-refractivity contribution >= 4 is 10.0 Å². The molecule has 0 spiro atoms. The first-order chi connectivity index (χ1) is 9.50. The number of fused-ring (bicyclic) bond motifs is 2. The average molecular weight is 300 g/mol. The van der Waals surface area contributed by atoms with Crippen LogP contribution in [0.1, 0.15) is 18.4 Å². The van der Waals surface area contributed by atoms with Crippen LogP contribution in [0.25, 0.3) is 0 Å². The molecule has 20 heavy (non-hydrogen) atoms. The first-order valence-electron chi connectivity index (χ1n) is 6.65. The Labute approximate surface area is 117 Å². The number of hydrogen-bond acceptors (Lipinski definition) is 4. The number of ether oxygens (including phenoxy) is 1. The van der Waals surface area contributed by atoms with Crippen LogP contribution in [0.4, 0.5) is 4.39 Å². The lowest BCUT2D eigenvalue weighted by atomic mass is 10.2. The van der Waals surface area contributed by atoms with Gasteiger partial charge in [-0.15, -0.1) is 0 Å². The van der Waals surface area contributed by atoms with Crippen LogP contribution in [-0.2, 0) is 21.3 Å². The second-order valence-electron chi connectivity index (χ2n) is 5.25. The van der Waals surface area contributed by atoms with Crippen molar-refractivity contribution in [2.45, 2.75) is 36.5 Å². The molecule has 2 N–H and O–H groups in total. The van der Waals surface area contributed by atoms with Crippen molar-refractivity contribution in [2.24, 2.45) is 5.73 Å². The van der Waals surface area contributed by atoms with Crippen molar-refractivity contribution in [3.63, 3.8) is 0 Å². The summed E-state index contributed by atoms with van der Waals surface area (Å²) in [6.45, 7) is 0.785. The third-order valence-corrected chi connectivity index (χ3v) is 5.72. The molecule has 110 valence electrons. The number of nitrogens with zero attached hydrogens (tertiary/aromatic N) is 1. The molecule has 7 heteroatoms. The van der Waals surface area contributed by atoms with Gasteiger partial charge in [0.25, 0.3) is 0 Å². The monoisotopic (exact) mass is 300 g/mol. The normalized spacial score (nSPS) is 26.9. The number of sulfonamides is 1. The Morgan fingerprint density at radius 3 is 2.50 bits per heavy atom. The highest BCUT2D eigenvalue weighted by Gasteiger charge is 2.40. The molecule has 5 nitrogen and oxygen atoms in total. The number of benzene rings is 1. The average Bonchev–Trinajstić information content (AvgIpc) is 2.76. The van der Waals surface area contributed by atoms with E-state index in [0.29, 0.717) is 18.7 Å². The van der Waals surface area contributed by atoms with E-state index in [0.717, 1.165) is 12.8 Å². The Balaban J connectivity index is 1.92. The largest absolute Gasteiger partial charge is 0.372 e. The van der Waals surface area contributed by atoms with Gasteiger partial charge in [0.15, 0.2) is 0 Å². The summed E-state index contributed by atoms with van der Waals surface area (Å²) < 4.78 is 46.0. The molecule has 2 atom stereocenters. The lowest BCUT2D eigenvalue weighted by molar-refractivity contribution is -0.0115. The number of halogens is 1. The standard InChI is InChI=1S/C13H17FN2O3S/c14-12-5-9(6-15)1-4-13(12)20(17,18)16-7-10-2-3-11(8-16)19-10/h1,4-5,10-11H,2-3,6-8,15H2. The van der Waals surface area contributed by atoms with Crippen LogP contribution in [0.3, 0.4) is 0 Å². The molecule has 0 amide bonds. The topological polar surface area (TPSA) is 72.6 Å². The second-order valence-corrected chi connectivity index (χ2v) is 7.15. The fourth-order valence-electron chi connectivity index (χ4n) is 2.79. The molecule has 2 fully saturated rings. The summed E-state index contributed by atoms with van der Waals surface area (Å²) in [5, 5.41) is 0. The third-order valence-electron chi connectivity index (χ3n) is 3.86. The van der Waals surface area contributed by atoms with Crippen LogP contribution in [0.15, 0.2) is 23.1 Å². The van der Waals surface area contributed by atoms with Gasteiger partial charge in [0.1, 0.15) is 10.7 Å². The van der Waals surface area contributed by atoms with Gasteiger partial charge in [-0.25, -0.2) is 12.8 Å². The van der Waals surface area contributed by atoms with Gasteiger partial charge < -0.3 is 10.5 Å². The second kappa shape index (κ2) is 5.07. The number of morpholine rings is 1. The van der Waals surface area contributed by atoms with E-state index in [1.165, 1.54) is 16.4 Å². The summed E-state index contributed by atoms with van der Waals surface area (Å²) in [7, 11) is -3.81. The minimum atomic E-state index is -3.81. The van der Waals surface area contributed by atoms with E-state index in [2.05, 4.69) is 0 Å². The van der Waals surface area contributed by atoms with E-state index in [1.54, 1.807) is 6.07 Å². The molecule has 0 saturated carbocycles. The summed E-state index contributed by atoms with van der Waals surface area (Å²) in [6.07, 6.45) is 1.61. The van der Waals surface area contributed by atoms with Crippen LogP contribution in [0, 0.1) is 5.82 Å². The van der Waals surface area contributed by atoms with Crippen molar-refractivity contribution < 1.29 is 17.5 Å². The molecule has 0 radical (unpaired) electrons. The maximum atomic E-state index is 14.0. The quantitative estimate of drug-likeness (QED) is 0.897. The fourth-order valence-corrected chi connectivity index (χ4v) is 4.34. The fraction of sp³-hybridized carbons (Fsp3) is 0.538. The first kappa shape index (κ1) is 13.9. The zero-order valence-corrected chi connectivity index (χ0v) is 11.8. The van der Waals surface area contributed by atoms with E-state index in [-0.39, 0.29) is 23.6 Å². The Bertz CT molecular complexity index is 608. The lowest BCUT2D eigenvalue weighted by Crippen LogP contribution is -2.45. The van der Waals surface area contributed by atoms with E-state index in [9.17, 15) is 12.8 Å². The summed E-state index contributed by atoms with van der Waals surface area (Å²) >= 11 is 0. The maximum Gasteiger partial charge on any atom is 0.246 e. The summed E-state index contributed by atoms with van der Waals surface area (Å²) in [6, 6.07) is 4.02. The summed E-state index contributed by atoms with van der Waals surface area (Å²) in [5.41, 5.74) is 5.99. The lowest BCUT2D eigenvalue weighted by Gasteiger charge is -2.31. The highest BCUT2D eigenvalue weighted by atomic mass is 32.2. The molecule has 2 bridgehead atoms. The molecule has 2 unspecified atom stereocenters. The van der Waals surface area contributed by atoms with Gasteiger partial charge in [-0.3, -0.25) is 0 Å². The minimum absolute atomic E-state index is 0.0603. The Hall–Kier alpha value is -1.02. The Kier molecular flexibility index (Phi) is 3.53. The van der Waals surface area contributed by atoms with Crippen molar-refractivity contribution in [3.8, 4) is 0 Å². The van der Waals surface area contributed by atoms with Gasteiger partial charge >= 0.3 is 0 Å². The highest BCUT2D eigenvalue weighted by Crippen LogP contribution is 2.30. The number of nitrogens with two attached hydrogens (primary N) is 1. The minimum Gasteiger partial charge on any atom is -0.372 e. The van der Waals surface area contributed by atoms with Crippen molar-refractivity contribution in [3.05, 3.63) is 29.6 Å². The zero-order valence-electron chi connectivity index (χ0n) is 11.0. The summed E-state index contributed by atoms with van der Waals surface area (Å²) in [4.78, 5) is -0.281. The molecular formula is C13H17FN2O3S. The van der Waals surface area contributed by atoms with Crippen molar-refractivity contribution in [1.82, 2.24) is 4.31 Å². The molecule has 2 heterocycles. The third kappa shape index (κ3) is 2.35. The first-order valence-corrected chi connectivity index (χ1v) is 8.09. The van der Waals surface area contributed by atoms with Crippen LogP contribution < -0.4 is 5.73 Å². The smallest absolute Gasteiger partial charge is 0.246 e. The van der Waals surface area contributed by atoms with Gasteiger partial charge in [-0.05, 0) is 30.5 Å². The van der Waals surface area contributed by atoms with Crippen molar-refractivity contribution in [2.75, 3.05) is 13.1 Å². The molecular weight excluding hydrogens is 283 g/mol. The van der Waals surface area contributed by atoms with Gasteiger partial charge in [-0.2, -0.15) is 4.31 Å². The predicted octanol–water partition coefficient (Wildman–Crippen LogP) is 0.836. The molecule has 1 aromatic carbocycles. The van der Waals surface area contributed by atoms with Crippen molar-refractivity contribution in [1.29, 1.82) is 0 Å². The van der Waals surface area contributed by atoms with Crippen LogP contribution >= 0.6 is 0 Å². The van der Waals surface area contributed by atoms with E-state index < -0.39 is 15.8 Å². The maximum absolute atomic E-state index is 14.0. The summed E-state index contributed by atoms with van der Waals surface area (Å²) in [5.74, 6) is -0.744. The Morgan fingerprint density at radius 1 is 1.30 bits per heavy atom. The van der Waals surface area contributed by atoms with Gasteiger partial charge in [-0.1, -0.05) is 6.07 Å². The van der Waals surface area contributed by atoms with E-state index >= 15 is 0 Å². The molecule has 2 saturated heterocycles. The Morgan fingerprint density at radius 2 is 1.95 bits per heavy atom. The van der Waals surface area contributed by atoms with E-state index in [1.807, 2.05) is 0 Å². The van der Waals surface area contributed by atoms with Gasteiger partial charge in [0, 0.05) is 19.6 Å². The van der Waals surface area contributed by atoms with Crippen LogP contribution in [0.5, 0.6) is 0 Å². The van der Waals surface area contributed by atoms with Gasteiger partial charge in [0.2, 0.25) is 10.0 Å². The van der Waals surface area contributed by atoms with E-state index in [4.69, 9.17) is 10.5 Å². The molecule has 3 rings (SSSR count). The highest BCUT2D eigenvalue weighted by molar-refractivity contribution is 7.89. The molecule has 0 aromatic heterocycles. The SMILES string of the molecule is NCc1ccc(S(=O)(=O)N2CC3CCC(C2)O3)c(F)c1. The molecule has 2 aliphatic rings. The number of rotatable bonds is 3. The van der Waals surface area contributed by atoms with Gasteiger partial charge in [0.05, 0.1) is 12.2 Å². The van der Waals surface area contributed by atoms with Crippen LogP contribution in [-0.4, -0.2) is 38.0 Å².